The maximum Gasteiger partial charge on any atom is 0.417 e. The van der Waals surface area contributed by atoms with Crippen LogP contribution < -0.4 is 0 Å². The summed E-state index contributed by atoms with van der Waals surface area (Å²) in [5.41, 5.74) is -0.124. The van der Waals surface area contributed by atoms with Gasteiger partial charge in [0.1, 0.15) is 0 Å². The van der Waals surface area contributed by atoms with E-state index >= 15 is 0 Å². The van der Waals surface area contributed by atoms with Crippen LogP contribution in [0.25, 0.3) is 0 Å². The molecule has 0 unspecified atom stereocenters. The SMILES string of the molecule is Cc1ccc(C(F)(F)F)cn1.Cl. The van der Waals surface area contributed by atoms with Gasteiger partial charge < -0.3 is 0 Å². The zero-order valence-electron chi connectivity index (χ0n) is 6.22. The van der Waals surface area contributed by atoms with Gasteiger partial charge in [0.15, 0.2) is 0 Å². The molecule has 0 fully saturated rings. The molecule has 1 heterocycles. The van der Waals surface area contributed by atoms with Crippen LogP contribution in [0.15, 0.2) is 18.3 Å². The van der Waals surface area contributed by atoms with Crippen molar-refractivity contribution in [3.8, 4) is 0 Å². The van der Waals surface area contributed by atoms with E-state index in [4.69, 9.17) is 0 Å². The van der Waals surface area contributed by atoms with Crippen molar-refractivity contribution in [1.82, 2.24) is 4.98 Å². The Kier molecular flexibility index (Phi) is 3.52. The van der Waals surface area contributed by atoms with E-state index < -0.39 is 11.7 Å². The maximum atomic E-state index is 11.9. The maximum absolute atomic E-state index is 11.9. The molecule has 0 saturated heterocycles. The van der Waals surface area contributed by atoms with Gasteiger partial charge in [-0.3, -0.25) is 4.98 Å². The fourth-order valence-electron chi connectivity index (χ4n) is 0.635. The van der Waals surface area contributed by atoms with Gasteiger partial charge in [-0.2, -0.15) is 13.2 Å². The number of hydrogen-bond donors (Lipinski definition) is 0. The molecule has 5 heteroatoms. The van der Waals surface area contributed by atoms with Crippen LogP contribution in [0.5, 0.6) is 0 Å². The third kappa shape index (κ3) is 2.70. The average Bonchev–Trinajstić information content (AvgIpc) is 1.86. The molecule has 1 rings (SSSR count). The first-order valence-electron chi connectivity index (χ1n) is 3.00. The van der Waals surface area contributed by atoms with Crippen LogP contribution in [-0.2, 0) is 6.18 Å². The van der Waals surface area contributed by atoms with Gasteiger partial charge in [0.05, 0.1) is 5.56 Å². The molecule has 1 nitrogen and oxygen atoms in total. The molecule has 12 heavy (non-hydrogen) atoms. The summed E-state index contributed by atoms with van der Waals surface area (Å²) in [6.45, 7) is 1.64. The Labute approximate surface area is 74.0 Å². The monoisotopic (exact) mass is 197 g/mol. The predicted molar refractivity (Wildman–Crippen MR) is 41.2 cm³/mol. The average molecular weight is 198 g/mol. The second-order valence-corrected chi connectivity index (χ2v) is 2.19. The molecular formula is C7H7ClF3N. The Hall–Kier alpha value is -0.770. The van der Waals surface area contributed by atoms with Crippen LogP contribution in [0.3, 0.4) is 0 Å². The minimum absolute atomic E-state index is 0. The molecular weight excluding hydrogens is 191 g/mol. The van der Waals surface area contributed by atoms with Crippen molar-refractivity contribution in [2.75, 3.05) is 0 Å². The Bertz CT molecular complexity index is 242. The van der Waals surface area contributed by atoms with E-state index in [1.807, 2.05) is 0 Å². The molecule has 0 aromatic carbocycles. The first kappa shape index (κ1) is 11.2. The Morgan fingerprint density at radius 3 is 2.17 bits per heavy atom. The molecule has 0 saturated carbocycles. The van der Waals surface area contributed by atoms with Gasteiger partial charge in [-0.25, -0.2) is 0 Å². The number of nitrogens with zero attached hydrogens (tertiary/aromatic N) is 1. The fourth-order valence-corrected chi connectivity index (χ4v) is 0.635. The quantitative estimate of drug-likeness (QED) is 0.623. The van der Waals surface area contributed by atoms with Crippen LogP contribution in [0.2, 0.25) is 0 Å². The zero-order chi connectivity index (χ0) is 8.48. The molecule has 0 aliphatic heterocycles. The lowest BCUT2D eigenvalue weighted by atomic mass is 10.2. The third-order valence-corrected chi connectivity index (χ3v) is 1.24. The molecule has 0 radical (unpaired) electrons. The largest absolute Gasteiger partial charge is 0.417 e. The van der Waals surface area contributed by atoms with E-state index in [2.05, 4.69) is 4.98 Å². The summed E-state index contributed by atoms with van der Waals surface area (Å²) in [4.78, 5) is 3.53. The Morgan fingerprint density at radius 1 is 1.25 bits per heavy atom. The van der Waals surface area contributed by atoms with Crippen molar-refractivity contribution >= 4 is 12.4 Å². The molecule has 1 aromatic heterocycles. The lowest BCUT2D eigenvalue weighted by Gasteiger charge is -2.04. The minimum Gasteiger partial charge on any atom is -0.261 e. The van der Waals surface area contributed by atoms with Gasteiger partial charge in [-0.15, -0.1) is 12.4 Å². The number of pyridine rings is 1. The highest BCUT2D eigenvalue weighted by atomic mass is 35.5. The summed E-state index contributed by atoms with van der Waals surface area (Å²) in [5, 5.41) is 0. The van der Waals surface area contributed by atoms with Crippen LogP contribution in [0.4, 0.5) is 13.2 Å². The summed E-state index contributed by atoms with van der Waals surface area (Å²) < 4.78 is 35.6. The van der Waals surface area contributed by atoms with Crippen molar-refractivity contribution in [3.63, 3.8) is 0 Å². The summed E-state index contributed by atoms with van der Waals surface area (Å²) in [5.74, 6) is 0. The first-order chi connectivity index (χ1) is 5.00. The molecule has 68 valence electrons. The van der Waals surface area contributed by atoms with Crippen LogP contribution in [0, 0.1) is 6.92 Å². The minimum atomic E-state index is -4.28. The second kappa shape index (κ2) is 3.76. The lowest BCUT2D eigenvalue weighted by molar-refractivity contribution is -0.137. The van der Waals surface area contributed by atoms with Gasteiger partial charge in [0.25, 0.3) is 0 Å². The van der Waals surface area contributed by atoms with Crippen molar-refractivity contribution in [2.24, 2.45) is 0 Å². The summed E-state index contributed by atoms with van der Waals surface area (Å²) in [6.07, 6.45) is -3.45. The number of alkyl halides is 3. The van der Waals surface area contributed by atoms with E-state index in [0.29, 0.717) is 5.69 Å². The smallest absolute Gasteiger partial charge is 0.261 e. The zero-order valence-corrected chi connectivity index (χ0v) is 7.04. The second-order valence-electron chi connectivity index (χ2n) is 2.19. The number of rotatable bonds is 0. The van der Waals surface area contributed by atoms with E-state index in [9.17, 15) is 13.2 Å². The van der Waals surface area contributed by atoms with Gasteiger partial charge in [-0.1, -0.05) is 0 Å². The molecule has 0 bridgehead atoms. The van der Waals surface area contributed by atoms with E-state index in [1.165, 1.54) is 6.07 Å². The van der Waals surface area contributed by atoms with Crippen molar-refractivity contribution in [1.29, 1.82) is 0 Å². The Balaban J connectivity index is 0.00000121. The van der Waals surface area contributed by atoms with Crippen molar-refractivity contribution < 1.29 is 13.2 Å². The highest BCUT2D eigenvalue weighted by Gasteiger charge is 2.30. The Morgan fingerprint density at radius 2 is 1.83 bits per heavy atom. The standard InChI is InChI=1S/C7H6F3N.ClH/c1-5-2-3-6(4-11-5)7(8,9)10;/h2-4H,1H3;1H. The van der Waals surface area contributed by atoms with E-state index in [0.717, 1.165) is 12.3 Å². The molecule has 0 amide bonds. The summed E-state index contributed by atoms with van der Waals surface area (Å²) >= 11 is 0. The van der Waals surface area contributed by atoms with Crippen LogP contribution >= 0.6 is 12.4 Å². The number of halogens is 4. The highest BCUT2D eigenvalue weighted by molar-refractivity contribution is 5.85. The molecule has 0 N–H and O–H groups in total. The van der Waals surface area contributed by atoms with Gasteiger partial charge >= 0.3 is 6.18 Å². The highest BCUT2D eigenvalue weighted by Crippen LogP contribution is 2.28. The van der Waals surface area contributed by atoms with Gasteiger partial charge in [0, 0.05) is 11.9 Å². The van der Waals surface area contributed by atoms with Crippen LogP contribution in [-0.4, -0.2) is 4.98 Å². The fraction of sp³-hybridized carbons (Fsp3) is 0.286. The van der Waals surface area contributed by atoms with E-state index in [1.54, 1.807) is 6.92 Å². The first-order valence-corrected chi connectivity index (χ1v) is 3.00. The lowest BCUT2D eigenvalue weighted by Crippen LogP contribution is -2.05. The number of aryl methyl sites for hydroxylation is 1. The normalized spacial score (nSPS) is 10.7. The number of hydrogen-bond acceptors (Lipinski definition) is 1. The molecule has 0 aliphatic rings. The number of aromatic nitrogens is 1. The topological polar surface area (TPSA) is 12.9 Å². The predicted octanol–water partition coefficient (Wildman–Crippen LogP) is 2.83. The van der Waals surface area contributed by atoms with Gasteiger partial charge in [-0.05, 0) is 19.1 Å². The summed E-state index contributed by atoms with van der Waals surface area (Å²) in [6, 6.07) is 2.35. The van der Waals surface area contributed by atoms with Gasteiger partial charge in [0.2, 0.25) is 0 Å². The molecule has 0 atom stereocenters. The van der Waals surface area contributed by atoms with Crippen molar-refractivity contribution in [3.05, 3.63) is 29.6 Å². The van der Waals surface area contributed by atoms with Crippen molar-refractivity contribution in [2.45, 2.75) is 13.1 Å². The molecule has 0 aliphatic carbocycles. The van der Waals surface area contributed by atoms with E-state index in [-0.39, 0.29) is 12.4 Å². The third-order valence-electron chi connectivity index (χ3n) is 1.24. The molecule has 0 spiro atoms. The summed E-state index contributed by atoms with van der Waals surface area (Å²) in [7, 11) is 0. The molecule has 1 aromatic rings. The van der Waals surface area contributed by atoms with Crippen LogP contribution in [0.1, 0.15) is 11.3 Å².